The molecule has 0 aliphatic carbocycles. The van der Waals surface area contributed by atoms with E-state index >= 15 is 0 Å². The van der Waals surface area contributed by atoms with Crippen molar-refractivity contribution in [2.75, 3.05) is 13.2 Å². The minimum atomic E-state index is 0.232. The van der Waals surface area contributed by atoms with Gasteiger partial charge in [-0.15, -0.1) is 10.2 Å². The molecule has 0 spiro atoms. The van der Waals surface area contributed by atoms with Gasteiger partial charge >= 0.3 is 0 Å². The summed E-state index contributed by atoms with van der Waals surface area (Å²) >= 11 is 0. The van der Waals surface area contributed by atoms with Crippen LogP contribution in [-0.2, 0) is 13.6 Å². The van der Waals surface area contributed by atoms with Crippen molar-refractivity contribution in [2.45, 2.75) is 52.1 Å². The number of piperidine rings is 1. The van der Waals surface area contributed by atoms with Crippen LogP contribution < -0.4 is 0 Å². The number of hydrogen-bond donors (Lipinski definition) is 1. The summed E-state index contributed by atoms with van der Waals surface area (Å²) in [4.78, 5) is 2.35. The third-order valence-corrected chi connectivity index (χ3v) is 4.28. The number of nitrogens with zero attached hydrogens (tertiary/aromatic N) is 4. The Balaban J connectivity index is 2.11. The molecule has 1 fully saturated rings. The molecule has 2 atom stereocenters. The van der Waals surface area contributed by atoms with Crippen molar-refractivity contribution in [3.8, 4) is 0 Å². The standard InChI is InChI=1S/C14H26N4O/c1-10(2)14-16-15-13(17(14)4)8-18-7-5-6-11(3)12(18)9-19/h10-12,19H,5-9H2,1-4H3. The molecule has 5 nitrogen and oxygen atoms in total. The molecule has 0 aromatic carbocycles. The van der Waals surface area contributed by atoms with E-state index in [1.54, 1.807) is 0 Å². The lowest BCUT2D eigenvalue weighted by Gasteiger charge is -2.38. The molecule has 108 valence electrons. The Hall–Kier alpha value is -0.940. The number of aliphatic hydroxyl groups excluding tert-OH is 1. The predicted molar refractivity (Wildman–Crippen MR) is 74.8 cm³/mol. The largest absolute Gasteiger partial charge is 0.395 e. The normalized spacial score (nSPS) is 25.2. The van der Waals surface area contributed by atoms with Crippen LogP contribution in [-0.4, -0.2) is 44.0 Å². The topological polar surface area (TPSA) is 54.2 Å². The second-order valence-corrected chi connectivity index (χ2v) is 6.03. The van der Waals surface area contributed by atoms with Crippen molar-refractivity contribution in [1.29, 1.82) is 0 Å². The van der Waals surface area contributed by atoms with Gasteiger partial charge in [0.25, 0.3) is 0 Å². The maximum absolute atomic E-state index is 9.59. The van der Waals surface area contributed by atoms with E-state index in [1.165, 1.54) is 12.8 Å². The summed E-state index contributed by atoms with van der Waals surface area (Å²) in [6.45, 7) is 8.55. The molecular weight excluding hydrogens is 240 g/mol. The predicted octanol–water partition coefficient (Wildman–Crippen LogP) is 1.53. The minimum absolute atomic E-state index is 0.232. The van der Waals surface area contributed by atoms with Crippen molar-refractivity contribution in [2.24, 2.45) is 13.0 Å². The van der Waals surface area contributed by atoms with Crippen LogP contribution in [0.3, 0.4) is 0 Å². The number of aromatic nitrogens is 3. The van der Waals surface area contributed by atoms with Crippen molar-refractivity contribution in [3.63, 3.8) is 0 Å². The molecule has 1 aromatic heterocycles. The number of aliphatic hydroxyl groups is 1. The zero-order chi connectivity index (χ0) is 14.0. The summed E-state index contributed by atoms with van der Waals surface area (Å²) in [6, 6.07) is 0.257. The molecule has 0 saturated carbocycles. The first-order valence-electron chi connectivity index (χ1n) is 7.27. The Morgan fingerprint density at radius 3 is 2.68 bits per heavy atom. The van der Waals surface area contributed by atoms with E-state index in [-0.39, 0.29) is 12.6 Å². The van der Waals surface area contributed by atoms with Crippen molar-refractivity contribution >= 4 is 0 Å². The Morgan fingerprint density at radius 2 is 2.11 bits per heavy atom. The van der Waals surface area contributed by atoms with Crippen LogP contribution in [0.15, 0.2) is 0 Å². The van der Waals surface area contributed by atoms with Gasteiger partial charge in [0.15, 0.2) is 0 Å². The molecule has 5 heteroatoms. The highest BCUT2D eigenvalue weighted by Crippen LogP contribution is 2.24. The second-order valence-electron chi connectivity index (χ2n) is 6.03. The summed E-state index contributed by atoms with van der Waals surface area (Å²) in [5.41, 5.74) is 0. The molecule has 2 rings (SSSR count). The summed E-state index contributed by atoms with van der Waals surface area (Å²) in [7, 11) is 2.03. The molecule has 2 heterocycles. The molecule has 19 heavy (non-hydrogen) atoms. The average Bonchev–Trinajstić information content (AvgIpc) is 2.71. The Bertz CT molecular complexity index is 416. The van der Waals surface area contributed by atoms with Gasteiger partial charge in [0.2, 0.25) is 0 Å². The molecule has 1 aliphatic rings. The van der Waals surface area contributed by atoms with Crippen LogP contribution in [0.25, 0.3) is 0 Å². The lowest BCUT2D eigenvalue weighted by Crippen LogP contribution is -2.46. The summed E-state index contributed by atoms with van der Waals surface area (Å²) in [5.74, 6) is 2.97. The van der Waals surface area contributed by atoms with Gasteiger partial charge in [-0.2, -0.15) is 0 Å². The smallest absolute Gasteiger partial charge is 0.146 e. The van der Waals surface area contributed by atoms with E-state index in [0.29, 0.717) is 11.8 Å². The lowest BCUT2D eigenvalue weighted by molar-refractivity contribution is 0.0447. The average molecular weight is 266 g/mol. The Morgan fingerprint density at radius 1 is 1.37 bits per heavy atom. The minimum Gasteiger partial charge on any atom is -0.395 e. The van der Waals surface area contributed by atoms with Crippen LogP contribution in [0, 0.1) is 5.92 Å². The quantitative estimate of drug-likeness (QED) is 0.898. The van der Waals surface area contributed by atoms with E-state index in [0.717, 1.165) is 24.7 Å². The Labute approximate surface area is 115 Å². The number of likely N-dealkylation sites (tertiary alicyclic amines) is 1. The van der Waals surface area contributed by atoms with Gasteiger partial charge in [-0.05, 0) is 25.3 Å². The first-order chi connectivity index (χ1) is 9.04. The van der Waals surface area contributed by atoms with Crippen LogP contribution in [0.5, 0.6) is 0 Å². The van der Waals surface area contributed by atoms with E-state index in [9.17, 15) is 5.11 Å². The SMILES string of the molecule is CC(C)c1nnc(CN2CCCC(C)C2CO)n1C. The molecule has 1 saturated heterocycles. The van der Waals surface area contributed by atoms with Crippen molar-refractivity contribution in [1.82, 2.24) is 19.7 Å². The summed E-state index contributed by atoms with van der Waals surface area (Å²) in [6.07, 6.45) is 2.41. The fraction of sp³-hybridized carbons (Fsp3) is 0.857. The first-order valence-corrected chi connectivity index (χ1v) is 7.27. The number of rotatable bonds is 4. The fourth-order valence-electron chi connectivity index (χ4n) is 3.02. The van der Waals surface area contributed by atoms with E-state index < -0.39 is 0 Å². The lowest BCUT2D eigenvalue weighted by atomic mass is 9.91. The van der Waals surface area contributed by atoms with Gasteiger partial charge in [-0.1, -0.05) is 20.8 Å². The van der Waals surface area contributed by atoms with Gasteiger partial charge in [0, 0.05) is 19.0 Å². The highest BCUT2D eigenvalue weighted by molar-refractivity contribution is 5.00. The first kappa shape index (κ1) is 14.5. The van der Waals surface area contributed by atoms with Gasteiger partial charge in [0.1, 0.15) is 11.6 Å². The molecule has 1 aromatic rings. The second kappa shape index (κ2) is 6.01. The third-order valence-electron chi connectivity index (χ3n) is 4.28. The van der Waals surface area contributed by atoms with Crippen LogP contribution in [0.4, 0.5) is 0 Å². The van der Waals surface area contributed by atoms with Crippen molar-refractivity contribution in [3.05, 3.63) is 11.6 Å². The summed E-state index contributed by atoms with van der Waals surface area (Å²) in [5, 5.41) is 18.2. The Kier molecular flexibility index (Phi) is 4.58. The molecular formula is C14H26N4O. The van der Waals surface area contributed by atoms with E-state index in [4.69, 9.17) is 0 Å². The maximum Gasteiger partial charge on any atom is 0.146 e. The van der Waals surface area contributed by atoms with E-state index in [2.05, 4.69) is 40.4 Å². The van der Waals surface area contributed by atoms with Gasteiger partial charge < -0.3 is 9.67 Å². The molecule has 1 aliphatic heterocycles. The third kappa shape index (κ3) is 2.98. The zero-order valence-electron chi connectivity index (χ0n) is 12.5. The molecule has 1 N–H and O–H groups in total. The van der Waals surface area contributed by atoms with Gasteiger partial charge in [-0.25, -0.2) is 0 Å². The van der Waals surface area contributed by atoms with Gasteiger partial charge in [0.05, 0.1) is 13.2 Å². The highest BCUT2D eigenvalue weighted by atomic mass is 16.3. The highest BCUT2D eigenvalue weighted by Gasteiger charge is 2.29. The van der Waals surface area contributed by atoms with Crippen molar-refractivity contribution < 1.29 is 5.11 Å². The van der Waals surface area contributed by atoms with E-state index in [1.807, 2.05) is 7.05 Å². The molecule has 2 unspecified atom stereocenters. The maximum atomic E-state index is 9.59. The fourth-order valence-corrected chi connectivity index (χ4v) is 3.02. The molecule has 0 amide bonds. The summed E-state index contributed by atoms with van der Waals surface area (Å²) < 4.78 is 2.10. The van der Waals surface area contributed by atoms with Crippen LogP contribution in [0.2, 0.25) is 0 Å². The number of hydrogen-bond acceptors (Lipinski definition) is 4. The molecule has 0 radical (unpaired) electrons. The zero-order valence-corrected chi connectivity index (χ0v) is 12.5. The molecule has 0 bridgehead atoms. The van der Waals surface area contributed by atoms with Gasteiger partial charge in [-0.3, -0.25) is 4.90 Å². The van der Waals surface area contributed by atoms with Crippen LogP contribution >= 0.6 is 0 Å². The van der Waals surface area contributed by atoms with Crippen LogP contribution in [0.1, 0.15) is 51.2 Å². The monoisotopic (exact) mass is 266 g/mol.